The summed E-state index contributed by atoms with van der Waals surface area (Å²) in [6, 6.07) is 10.2. The number of Topliss-reactive ketones (excluding diaryl/α,β-unsaturated/α-hetero) is 1. The van der Waals surface area contributed by atoms with Crippen molar-refractivity contribution in [2.24, 2.45) is 0 Å². The molecule has 0 aliphatic carbocycles. The topological polar surface area (TPSA) is 87.1 Å². The largest absolute Gasteiger partial charge is 0.507 e. The molecular formula is C20H21NO5S. The molecule has 7 heteroatoms. The summed E-state index contributed by atoms with van der Waals surface area (Å²) in [6.07, 6.45) is 0. The van der Waals surface area contributed by atoms with E-state index >= 15 is 0 Å². The normalized spacial score (nSPS) is 19.0. The maximum Gasteiger partial charge on any atom is 0.295 e. The number of carbonyl (C=O) groups excluding carboxylic acids is 2. The zero-order valence-corrected chi connectivity index (χ0v) is 15.7. The molecule has 6 nitrogen and oxygen atoms in total. The first-order valence-corrected chi connectivity index (χ1v) is 9.50. The second-order valence-corrected chi connectivity index (χ2v) is 7.19. The van der Waals surface area contributed by atoms with E-state index in [-0.39, 0.29) is 37.7 Å². The number of ketones is 1. The van der Waals surface area contributed by atoms with Gasteiger partial charge in [0.05, 0.1) is 31.4 Å². The lowest BCUT2D eigenvalue weighted by Crippen LogP contribution is -2.32. The highest BCUT2D eigenvalue weighted by Crippen LogP contribution is 2.40. The van der Waals surface area contributed by atoms with Crippen molar-refractivity contribution >= 4 is 28.8 Å². The van der Waals surface area contributed by atoms with Gasteiger partial charge in [-0.15, -0.1) is 11.3 Å². The van der Waals surface area contributed by atoms with Crippen molar-refractivity contribution in [3.05, 3.63) is 63.4 Å². The summed E-state index contributed by atoms with van der Waals surface area (Å²) in [5, 5.41) is 21.5. The molecule has 0 unspecified atom stereocenters. The predicted molar refractivity (Wildman–Crippen MR) is 102 cm³/mol. The first kappa shape index (κ1) is 19.3. The highest BCUT2D eigenvalue weighted by atomic mass is 32.1. The molecule has 1 fully saturated rings. The average Bonchev–Trinajstić information content (AvgIpc) is 3.27. The molecule has 1 aromatic carbocycles. The zero-order valence-electron chi connectivity index (χ0n) is 14.9. The van der Waals surface area contributed by atoms with E-state index in [2.05, 4.69) is 0 Å². The number of amides is 1. The van der Waals surface area contributed by atoms with Crippen LogP contribution in [0, 0.1) is 6.92 Å². The molecule has 3 rings (SSSR count). The Balaban J connectivity index is 2.00. The number of aliphatic hydroxyl groups excluding tert-OH is 2. The van der Waals surface area contributed by atoms with Crippen LogP contribution in [0.2, 0.25) is 0 Å². The number of rotatable bonds is 7. The van der Waals surface area contributed by atoms with E-state index < -0.39 is 17.7 Å². The van der Waals surface area contributed by atoms with E-state index in [1.807, 2.05) is 36.6 Å². The summed E-state index contributed by atoms with van der Waals surface area (Å²) in [5.41, 5.74) is 1.62. The fraction of sp³-hybridized carbons (Fsp3) is 0.300. The van der Waals surface area contributed by atoms with Crippen molar-refractivity contribution in [3.63, 3.8) is 0 Å². The summed E-state index contributed by atoms with van der Waals surface area (Å²) < 4.78 is 5.26. The molecule has 1 aliphatic heterocycles. The Labute approximate surface area is 161 Å². The van der Waals surface area contributed by atoms with Gasteiger partial charge < -0.3 is 19.8 Å². The summed E-state index contributed by atoms with van der Waals surface area (Å²) in [7, 11) is 0. The number of thiophene rings is 1. The van der Waals surface area contributed by atoms with Crippen molar-refractivity contribution in [1.29, 1.82) is 0 Å². The quantitative estimate of drug-likeness (QED) is 0.330. The van der Waals surface area contributed by atoms with E-state index in [0.29, 0.717) is 5.56 Å². The Bertz CT molecular complexity index is 842. The highest BCUT2D eigenvalue weighted by molar-refractivity contribution is 7.10. The second kappa shape index (κ2) is 8.47. The summed E-state index contributed by atoms with van der Waals surface area (Å²) in [5.74, 6) is -1.53. The van der Waals surface area contributed by atoms with E-state index in [9.17, 15) is 14.7 Å². The molecule has 0 bridgehead atoms. The van der Waals surface area contributed by atoms with Crippen LogP contribution in [0.25, 0.3) is 5.76 Å². The number of aryl methyl sites for hydroxylation is 1. The van der Waals surface area contributed by atoms with Crippen LogP contribution >= 0.6 is 11.3 Å². The molecule has 1 aliphatic rings. The van der Waals surface area contributed by atoms with E-state index in [4.69, 9.17) is 9.84 Å². The third-order valence-corrected chi connectivity index (χ3v) is 5.31. The number of likely N-dealkylation sites (tertiary alicyclic amines) is 1. The lowest BCUT2D eigenvalue weighted by Gasteiger charge is -2.23. The van der Waals surface area contributed by atoms with Gasteiger partial charge in [-0.25, -0.2) is 0 Å². The lowest BCUT2D eigenvalue weighted by molar-refractivity contribution is -0.140. The third kappa shape index (κ3) is 3.95. The first-order chi connectivity index (χ1) is 13.0. The van der Waals surface area contributed by atoms with Crippen LogP contribution in [0.3, 0.4) is 0 Å². The standard InChI is InChI=1S/C20H21NO5S/c1-13-4-6-14(7-5-13)18(23)16-17(15-3-2-12-27-15)21(20(25)19(16)24)8-10-26-11-9-22/h2-7,12,17,22-23H,8-11H2,1H3/t17-/m0/s1. The second-order valence-electron chi connectivity index (χ2n) is 6.21. The van der Waals surface area contributed by atoms with Gasteiger partial charge in [-0.3, -0.25) is 9.59 Å². The Kier molecular flexibility index (Phi) is 6.05. The zero-order chi connectivity index (χ0) is 19.4. The van der Waals surface area contributed by atoms with Crippen LogP contribution < -0.4 is 0 Å². The van der Waals surface area contributed by atoms with Gasteiger partial charge in [0.2, 0.25) is 0 Å². The monoisotopic (exact) mass is 387 g/mol. The molecule has 2 aromatic rings. The fourth-order valence-corrected chi connectivity index (χ4v) is 3.90. The van der Waals surface area contributed by atoms with Crippen LogP contribution in [0.1, 0.15) is 22.0 Å². The minimum absolute atomic E-state index is 0.0912. The maximum atomic E-state index is 12.7. The minimum atomic E-state index is -0.700. The number of ether oxygens (including phenoxy) is 1. The van der Waals surface area contributed by atoms with Gasteiger partial charge in [-0.2, -0.15) is 0 Å². The number of hydrogen-bond acceptors (Lipinski definition) is 6. The molecule has 27 heavy (non-hydrogen) atoms. The SMILES string of the molecule is Cc1ccc(C(O)=C2C(=O)C(=O)N(CCOCCO)[C@H]2c2cccs2)cc1. The van der Waals surface area contributed by atoms with Crippen LogP contribution in [0.5, 0.6) is 0 Å². The molecule has 2 heterocycles. The molecule has 0 radical (unpaired) electrons. The molecule has 0 spiro atoms. The van der Waals surface area contributed by atoms with Crippen LogP contribution in [-0.2, 0) is 14.3 Å². The smallest absolute Gasteiger partial charge is 0.295 e. The predicted octanol–water partition coefficient (Wildman–Crippen LogP) is 2.49. The van der Waals surface area contributed by atoms with E-state index in [1.165, 1.54) is 16.2 Å². The Morgan fingerprint density at radius 1 is 1.19 bits per heavy atom. The highest BCUT2D eigenvalue weighted by Gasteiger charge is 2.46. The molecular weight excluding hydrogens is 366 g/mol. The Hall–Kier alpha value is -2.48. The van der Waals surface area contributed by atoms with Crippen molar-refractivity contribution < 1.29 is 24.5 Å². The summed E-state index contributed by atoms with van der Waals surface area (Å²) in [4.78, 5) is 27.5. The number of nitrogens with zero attached hydrogens (tertiary/aromatic N) is 1. The molecule has 1 aromatic heterocycles. The fourth-order valence-electron chi connectivity index (χ4n) is 3.05. The molecule has 1 saturated heterocycles. The van der Waals surface area contributed by atoms with Gasteiger partial charge in [-0.1, -0.05) is 35.9 Å². The first-order valence-electron chi connectivity index (χ1n) is 8.62. The Morgan fingerprint density at radius 2 is 1.93 bits per heavy atom. The number of benzene rings is 1. The maximum absolute atomic E-state index is 12.7. The van der Waals surface area contributed by atoms with Gasteiger partial charge in [0.1, 0.15) is 5.76 Å². The van der Waals surface area contributed by atoms with Crippen LogP contribution in [-0.4, -0.2) is 53.2 Å². The number of hydrogen-bond donors (Lipinski definition) is 2. The molecule has 1 amide bonds. The van der Waals surface area contributed by atoms with E-state index in [1.54, 1.807) is 12.1 Å². The molecule has 142 valence electrons. The minimum Gasteiger partial charge on any atom is -0.507 e. The molecule has 2 N–H and O–H groups in total. The Morgan fingerprint density at radius 3 is 2.56 bits per heavy atom. The van der Waals surface area contributed by atoms with E-state index in [0.717, 1.165) is 10.4 Å². The van der Waals surface area contributed by atoms with Crippen LogP contribution in [0.4, 0.5) is 0 Å². The van der Waals surface area contributed by atoms with Gasteiger partial charge in [0.25, 0.3) is 11.7 Å². The van der Waals surface area contributed by atoms with Gasteiger partial charge >= 0.3 is 0 Å². The van der Waals surface area contributed by atoms with Gasteiger partial charge in [-0.05, 0) is 18.4 Å². The van der Waals surface area contributed by atoms with Crippen molar-refractivity contribution in [1.82, 2.24) is 4.90 Å². The van der Waals surface area contributed by atoms with Crippen molar-refractivity contribution in [3.8, 4) is 0 Å². The van der Waals surface area contributed by atoms with Gasteiger partial charge in [0, 0.05) is 17.0 Å². The third-order valence-electron chi connectivity index (χ3n) is 4.39. The number of aliphatic hydroxyl groups is 2. The van der Waals surface area contributed by atoms with Gasteiger partial charge in [0.15, 0.2) is 0 Å². The summed E-state index contributed by atoms with van der Waals surface area (Å²) >= 11 is 1.42. The molecule has 1 atom stereocenters. The number of carbonyl (C=O) groups is 2. The van der Waals surface area contributed by atoms with Crippen molar-refractivity contribution in [2.75, 3.05) is 26.4 Å². The van der Waals surface area contributed by atoms with Crippen LogP contribution in [0.15, 0.2) is 47.4 Å². The summed E-state index contributed by atoms with van der Waals surface area (Å²) in [6.45, 7) is 2.37. The molecule has 0 saturated carbocycles. The van der Waals surface area contributed by atoms with Crippen molar-refractivity contribution in [2.45, 2.75) is 13.0 Å². The lowest BCUT2D eigenvalue weighted by atomic mass is 9.99. The average molecular weight is 387 g/mol.